The minimum atomic E-state index is -0.442. The highest BCUT2D eigenvalue weighted by Crippen LogP contribution is 2.15. The Hall–Kier alpha value is -3.19. The van der Waals surface area contributed by atoms with Crippen LogP contribution in [0.4, 0.5) is 4.79 Å². The molecule has 0 saturated carbocycles. The lowest BCUT2D eigenvalue weighted by atomic mass is 9.95. The summed E-state index contributed by atoms with van der Waals surface area (Å²) >= 11 is 1.45. The van der Waals surface area contributed by atoms with Crippen LogP contribution in [0, 0.1) is 5.92 Å². The number of alkyl carbamates (subject to hydrolysis) is 1. The van der Waals surface area contributed by atoms with Crippen molar-refractivity contribution in [1.82, 2.24) is 15.6 Å². The molecular formula is C28H35N3O3S. The van der Waals surface area contributed by atoms with E-state index in [4.69, 9.17) is 4.74 Å². The van der Waals surface area contributed by atoms with Gasteiger partial charge in [0.15, 0.2) is 0 Å². The Morgan fingerprint density at radius 2 is 1.49 bits per heavy atom. The van der Waals surface area contributed by atoms with Crippen LogP contribution in [0.3, 0.4) is 0 Å². The third kappa shape index (κ3) is 9.53. The van der Waals surface area contributed by atoms with E-state index in [-0.39, 0.29) is 30.5 Å². The molecule has 6 nitrogen and oxygen atoms in total. The van der Waals surface area contributed by atoms with Crippen LogP contribution >= 0.6 is 11.3 Å². The van der Waals surface area contributed by atoms with Crippen LogP contribution < -0.4 is 10.6 Å². The van der Waals surface area contributed by atoms with Gasteiger partial charge in [0.25, 0.3) is 0 Å². The van der Waals surface area contributed by atoms with E-state index < -0.39 is 6.09 Å². The average Bonchev–Trinajstić information content (AvgIpc) is 3.40. The number of hydrogen-bond acceptors (Lipinski definition) is 5. The third-order valence-electron chi connectivity index (χ3n) is 6.07. The smallest absolute Gasteiger partial charge is 0.407 e. The Balaban J connectivity index is 1.65. The predicted molar refractivity (Wildman–Crippen MR) is 140 cm³/mol. The molecule has 0 saturated heterocycles. The Bertz CT molecular complexity index is 1010. The lowest BCUT2D eigenvalue weighted by Crippen LogP contribution is -2.42. The van der Waals surface area contributed by atoms with Crippen molar-refractivity contribution in [2.24, 2.45) is 5.92 Å². The van der Waals surface area contributed by atoms with Crippen molar-refractivity contribution >= 4 is 23.3 Å². The Kier molecular flexibility index (Phi) is 10.8. The maximum absolute atomic E-state index is 12.7. The number of thiazole rings is 1. The first-order valence-electron chi connectivity index (χ1n) is 12.2. The number of benzene rings is 2. The zero-order valence-corrected chi connectivity index (χ0v) is 21.3. The summed E-state index contributed by atoms with van der Waals surface area (Å²) < 4.78 is 5.42. The number of ether oxygens (including phenoxy) is 1. The van der Waals surface area contributed by atoms with Gasteiger partial charge in [-0.2, -0.15) is 0 Å². The molecule has 0 aliphatic rings. The highest BCUT2D eigenvalue weighted by Gasteiger charge is 2.21. The minimum absolute atomic E-state index is 0.0211. The maximum atomic E-state index is 12.7. The summed E-state index contributed by atoms with van der Waals surface area (Å²) in [5.74, 6) is 0.0400. The zero-order valence-electron chi connectivity index (χ0n) is 20.5. The van der Waals surface area contributed by atoms with E-state index in [0.717, 1.165) is 29.7 Å². The van der Waals surface area contributed by atoms with Gasteiger partial charge in [0.05, 0.1) is 10.4 Å². The predicted octanol–water partition coefficient (Wildman–Crippen LogP) is 5.53. The standard InChI is InChI=1S/C28H35N3O3S/c1-3-21(2)27(32)30-24(16-22-10-6-4-7-11-22)14-15-25(17-23-12-8-5-9-13-23)31-28(33)34-19-26-18-29-20-35-26/h4-13,18,20-21,24-25H,3,14-17,19H2,1-2H3,(H,30,32)(H,31,33). The molecule has 3 aromatic rings. The molecule has 1 heterocycles. The van der Waals surface area contributed by atoms with Gasteiger partial charge in [-0.15, -0.1) is 11.3 Å². The third-order valence-corrected chi connectivity index (χ3v) is 6.82. The fourth-order valence-corrected chi connectivity index (χ4v) is 4.34. The van der Waals surface area contributed by atoms with Gasteiger partial charge >= 0.3 is 6.09 Å². The summed E-state index contributed by atoms with van der Waals surface area (Å²) in [6, 6.07) is 20.1. The van der Waals surface area contributed by atoms with Crippen molar-refractivity contribution in [2.75, 3.05) is 0 Å². The van der Waals surface area contributed by atoms with Gasteiger partial charge in [0.1, 0.15) is 6.61 Å². The molecule has 2 aromatic carbocycles. The summed E-state index contributed by atoms with van der Waals surface area (Å²) in [6.45, 7) is 4.18. The monoisotopic (exact) mass is 493 g/mol. The van der Waals surface area contributed by atoms with Crippen LogP contribution in [0.25, 0.3) is 0 Å². The molecule has 3 unspecified atom stereocenters. The number of rotatable bonds is 13. The van der Waals surface area contributed by atoms with E-state index in [9.17, 15) is 9.59 Å². The van der Waals surface area contributed by atoms with Gasteiger partial charge < -0.3 is 15.4 Å². The topological polar surface area (TPSA) is 80.3 Å². The second-order valence-corrected chi connectivity index (χ2v) is 9.83. The van der Waals surface area contributed by atoms with Crippen LogP contribution in [0.5, 0.6) is 0 Å². The molecule has 186 valence electrons. The van der Waals surface area contributed by atoms with E-state index in [1.165, 1.54) is 16.9 Å². The maximum Gasteiger partial charge on any atom is 0.407 e. The number of carbonyl (C=O) groups is 2. The van der Waals surface area contributed by atoms with Crippen molar-refractivity contribution in [3.63, 3.8) is 0 Å². The molecule has 0 aliphatic carbocycles. The van der Waals surface area contributed by atoms with Gasteiger partial charge in [-0.05, 0) is 43.2 Å². The van der Waals surface area contributed by atoms with E-state index in [2.05, 4.69) is 39.9 Å². The summed E-state index contributed by atoms with van der Waals surface area (Å²) in [5.41, 5.74) is 4.04. The second-order valence-electron chi connectivity index (χ2n) is 8.86. The molecule has 0 bridgehead atoms. The largest absolute Gasteiger partial charge is 0.444 e. The van der Waals surface area contributed by atoms with Crippen LogP contribution in [-0.4, -0.2) is 29.1 Å². The molecule has 0 fully saturated rings. The van der Waals surface area contributed by atoms with Crippen molar-refractivity contribution in [3.8, 4) is 0 Å². The van der Waals surface area contributed by atoms with Crippen LogP contribution in [-0.2, 0) is 29.0 Å². The van der Waals surface area contributed by atoms with Gasteiger partial charge in [0, 0.05) is 24.2 Å². The first kappa shape index (κ1) is 26.4. The number of nitrogens with one attached hydrogen (secondary N) is 2. The molecule has 35 heavy (non-hydrogen) atoms. The lowest BCUT2D eigenvalue weighted by Gasteiger charge is -2.24. The van der Waals surface area contributed by atoms with E-state index in [1.807, 2.05) is 50.2 Å². The van der Waals surface area contributed by atoms with Gasteiger partial charge in [-0.1, -0.05) is 74.5 Å². The first-order valence-corrected chi connectivity index (χ1v) is 13.1. The summed E-state index contributed by atoms with van der Waals surface area (Å²) in [5, 5.41) is 6.29. The van der Waals surface area contributed by atoms with Crippen molar-refractivity contribution < 1.29 is 14.3 Å². The SMILES string of the molecule is CCC(C)C(=O)NC(CCC(Cc1ccccc1)NC(=O)OCc1cncs1)Cc1ccccc1. The zero-order chi connectivity index (χ0) is 24.9. The summed E-state index contributed by atoms with van der Waals surface area (Å²) in [6.07, 6.45) is 4.95. The van der Waals surface area contributed by atoms with Gasteiger partial charge in [-0.25, -0.2) is 4.79 Å². The summed E-state index contributed by atoms with van der Waals surface area (Å²) in [7, 11) is 0. The number of aromatic nitrogens is 1. The Morgan fingerprint density at radius 1 is 0.914 bits per heavy atom. The number of amides is 2. The molecule has 7 heteroatoms. The number of hydrogen-bond donors (Lipinski definition) is 2. The fourth-order valence-electron chi connectivity index (χ4n) is 3.84. The number of carbonyl (C=O) groups excluding carboxylic acids is 2. The lowest BCUT2D eigenvalue weighted by molar-refractivity contribution is -0.125. The number of nitrogens with zero attached hydrogens (tertiary/aromatic N) is 1. The van der Waals surface area contributed by atoms with Crippen molar-refractivity contribution in [2.45, 2.75) is 64.6 Å². The van der Waals surface area contributed by atoms with Crippen LogP contribution in [0.15, 0.2) is 72.4 Å². The molecule has 3 rings (SSSR count). The Morgan fingerprint density at radius 3 is 2.00 bits per heavy atom. The van der Waals surface area contributed by atoms with Crippen molar-refractivity contribution in [1.29, 1.82) is 0 Å². The quantitative estimate of drug-likeness (QED) is 0.328. The second kappa shape index (κ2) is 14.3. The van der Waals surface area contributed by atoms with E-state index >= 15 is 0 Å². The first-order chi connectivity index (χ1) is 17.0. The molecule has 3 atom stereocenters. The van der Waals surface area contributed by atoms with Crippen LogP contribution in [0.2, 0.25) is 0 Å². The summed E-state index contributed by atoms with van der Waals surface area (Å²) in [4.78, 5) is 30.2. The van der Waals surface area contributed by atoms with Gasteiger partial charge in [-0.3, -0.25) is 9.78 Å². The highest BCUT2D eigenvalue weighted by molar-refractivity contribution is 7.09. The molecular weight excluding hydrogens is 458 g/mol. The Labute approximate surface area is 212 Å². The average molecular weight is 494 g/mol. The van der Waals surface area contributed by atoms with Crippen LogP contribution in [0.1, 0.15) is 49.1 Å². The molecule has 2 N–H and O–H groups in total. The highest BCUT2D eigenvalue weighted by atomic mass is 32.1. The van der Waals surface area contributed by atoms with Crippen molar-refractivity contribution in [3.05, 3.63) is 88.4 Å². The molecule has 0 radical (unpaired) electrons. The molecule has 2 amide bonds. The minimum Gasteiger partial charge on any atom is -0.444 e. The van der Waals surface area contributed by atoms with E-state index in [1.54, 1.807) is 11.7 Å². The fraction of sp³-hybridized carbons (Fsp3) is 0.393. The molecule has 1 aromatic heterocycles. The molecule has 0 spiro atoms. The normalized spacial score (nSPS) is 13.4. The molecule has 0 aliphatic heterocycles. The van der Waals surface area contributed by atoms with E-state index in [0.29, 0.717) is 12.8 Å². The van der Waals surface area contributed by atoms with Gasteiger partial charge in [0.2, 0.25) is 5.91 Å².